The van der Waals surface area contributed by atoms with E-state index in [0.717, 1.165) is 38.3 Å². The number of hydrogen-bond acceptors (Lipinski definition) is 4. The molecule has 6 nitrogen and oxygen atoms in total. The van der Waals surface area contributed by atoms with Crippen LogP contribution in [0.15, 0.2) is 24.3 Å². The molecule has 0 spiro atoms. The summed E-state index contributed by atoms with van der Waals surface area (Å²) < 4.78 is 18.5. The number of methoxy groups -OCH3 is 1. The Morgan fingerprint density at radius 2 is 2.04 bits per heavy atom. The molecule has 0 saturated carbocycles. The molecule has 0 aromatic heterocycles. The van der Waals surface area contributed by atoms with Crippen LogP contribution >= 0.6 is 0 Å². The second kappa shape index (κ2) is 9.28. The Morgan fingerprint density at radius 1 is 1.26 bits per heavy atom. The standard InChI is InChI=1S/C20H28FN3O3/c1-27-12-11-22-7-9-23(10-8-22)20(26)17-5-6-19(25)24(15-17)14-16-3-2-4-18(21)13-16/h2-4,13,17H,5-12,14-15H2,1H3. The van der Waals surface area contributed by atoms with Crippen LogP contribution in [0.3, 0.4) is 0 Å². The van der Waals surface area contributed by atoms with Crippen molar-refractivity contribution in [1.82, 2.24) is 14.7 Å². The predicted molar refractivity (Wildman–Crippen MR) is 99.4 cm³/mol. The van der Waals surface area contributed by atoms with Crippen molar-refractivity contribution in [3.63, 3.8) is 0 Å². The van der Waals surface area contributed by atoms with E-state index in [4.69, 9.17) is 4.74 Å². The van der Waals surface area contributed by atoms with Crippen LogP contribution in [0.5, 0.6) is 0 Å². The average molecular weight is 377 g/mol. The Hall–Kier alpha value is -1.99. The molecule has 1 atom stereocenters. The normalized spacial score (nSPS) is 21.6. The third-order valence-corrected chi connectivity index (χ3v) is 5.41. The van der Waals surface area contributed by atoms with E-state index in [2.05, 4.69) is 4.90 Å². The van der Waals surface area contributed by atoms with Gasteiger partial charge in [-0.2, -0.15) is 0 Å². The Kier molecular flexibility index (Phi) is 6.79. The SMILES string of the molecule is COCCN1CCN(C(=O)C2CCC(=O)N(Cc3cccc(F)c3)C2)CC1. The first-order chi connectivity index (χ1) is 13.1. The van der Waals surface area contributed by atoms with E-state index in [0.29, 0.717) is 32.5 Å². The van der Waals surface area contributed by atoms with Crippen LogP contribution in [0.4, 0.5) is 4.39 Å². The molecule has 2 amide bonds. The maximum absolute atomic E-state index is 13.4. The van der Waals surface area contributed by atoms with Gasteiger partial charge in [0.25, 0.3) is 0 Å². The van der Waals surface area contributed by atoms with Crippen molar-refractivity contribution in [2.45, 2.75) is 19.4 Å². The molecule has 2 heterocycles. The molecule has 0 aliphatic carbocycles. The van der Waals surface area contributed by atoms with Gasteiger partial charge in [0.15, 0.2) is 0 Å². The van der Waals surface area contributed by atoms with Gasteiger partial charge >= 0.3 is 0 Å². The minimum absolute atomic E-state index is 0.0349. The van der Waals surface area contributed by atoms with Crippen molar-refractivity contribution in [3.05, 3.63) is 35.6 Å². The Morgan fingerprint density at radius 3 is 2.74 bits per heavy atom. The number of ether oxygens (including phenoxy) is 1. The molecule has 27 heavy (non-hydrogen) atoms. The first kappa shape index (κ1) is 19.8. The minimum atomic E-state index is -0.309. The third-order valence-electron chi connectivity index (χ3n) is 5.41. The van der Waals surface area contributed by atoms with Crippen molar-refractivity contribution in [3.8, 4) is 0 Å². The van der Waals surface area contributed by atoms with Gasteiger partial charge < -0.3 is 14.5 Å². The third kappa shape index (κ3) is 5.26. The number of likely N-dealkylation sites (tertiary alicyclic amines) is 1. The van der Waals surface area contributed by atoms with Crippen molar-refractivity contribution >= 4 is 11.8 Å². The lowest BCUT2D eigenvalue weighted by atomic mass is 9.95. The zero-order chi connectivity index (χ0) is 19.2. The lowest BCUT2D eigenvalue weighted by Crippen LogP contribution is -2.53. The number of piperazine rings is 1. The number of halogens is 1. The Bertz CT molecular complexity index is 662. The number of carbonyl (C=O) groups is 2. The van der Waals surface area contributed by atoms with Crippen LogP contribution in [0.2, 0.25) is 0 Å². The molecule has 1 aromatic carbocycles. The molecule has 2 fully saturated rings. The highest BCUT2D eigenvalue weighted by Crippen LogP contribution is 2.22. The molecule has 1 aromatic rings. The van der Waals surface area contributed by atoms with Gasteiger partial charge in [-0.15, -0.1) is 0 Å². The molecule has 0 bridgehead atoms. The second-order valence-electron chi connectivity index (χ2n) is 7.30. The molecule has 2 aliphatic heterocycles. The summed E-state index contributed by atoms with van der Waals surface area (Å²) in [6.07, 6.45) is 0.973. The van der Waals surface area contributed by atoms with E-state index in [-0.39, 0.29) is 23.5 Å². The topological polar surface area (TPSA) is 53.1 Å². The van der Waals surface area contributed by atoms with E-state index >= 15 is 0 Å². The Balaban J connectivity index is 1.54. The lowest BCUT2D eigenvalue weighted by Gasteiger charge is -2.39. The first-order valence-electron chi connectivity index (χ1n) is 9.59. The fourth-order valence-corrected chi connectivity index (χ4v) is 3.80. The van der Waals surface area contributed by atoms with Gasteiger partial charge in [0.1, 0.15) is 5.82 Å². The fraction of sp³-hybridized carbons (Fsp3) is 0.600. The van der Waals surface area contributed by atoms with Crippen molar-refractivity contribution in [2.24, 2.45) is 5.92 Å². The monoisotopic (exact) mass is 377 g/mol. The van der Waals surface area contributed by atoms with E-state index < -0.39 is 0 Å². The first-order valence-corrected chi connectivity index (χ1v) is 9.59. The van der Waals surface area contributed by atoms with Gasteiger partial charge in [-0.25, -0.2) is 4.39 Å². The summed E-state index contributed by atoms with van der Waals surface area (Å²) in [5, 5.41) is 0. The van der Waals surface area contributed by atoms with E-state index in [1.165, 1.54) is 12.1 Å². The van der Waals surface area contributed by atoms with Gasteiger partial charge in [0.05, 0.1) is 12.5 Å². The number of amides is 2. The predicted octanol–water partition coefficient (Wildman–Crippen LogP) is 1.35. The quantitative estimate of drug-likeness (QED) is 0.751. The number of carbonyl (C=O) groups excluding carboxylic acids is 2. The van der Waals surface area contributed by atoms with Crippen molar-refractivity contribution in [1.29, 1.82) is 0 Å². The van der Waals surface area contributed by atoms with Gasteiger partial charge in [-0.1, -0.05) is 12.1 Å². The van der Waals surface area contributed by atoms with Crippen LogP contribution in [0, 0.1) is 11.7 Å². The molecule has 0 N–H and O–H groups in total. The highest BCUT2D eigenvalue weighted by Gasteiger charge is 2.33. The molecular weight excluding hydrogens is 349 g/mol. The van der Waals surface area contributed by atoms with E-state index in [1.54, 1.807) is 24.1 Å². The van der Waals surface area contributed by atoms with E-state index in [9.17, 15) is 14.0 Å². The maximum Gasteiger partial charge on any atom is 0.227 e. The zero-order valence-electron chi connectivity index (χ0n) is 15.9. The van der Waals surface area contributed by atoms with Crippen LogP contribution in [-0.4, -0.2) is 79.5 Å². The van der Waals surface area contributed by atoms with Crippen LogP contribution in [-0.2, 0) is 20.9 Å². The van der Waals surface area contributed by atoms with Gasteiger partial charge in [0, 0.05) is 59.3 Å². The molecule has 0 radical (unpaired) electrons. The lowest BCUT2D eigenvalue weighted by molar-refractivity contribution is -0.144. The van der Waals surface area contributed by atoms with Crippen molar-refractivity contribution in [2.75, 3.05) is 53.0 Å². The summed E-state index contributed by atoms with van der Waals surface area (Å²) in [4.78, 5) is 31.1. The van der Waals surface area contributed by atoms with Gasteiger partial charge in [0.2, 0.25) is 11.8 Å². The van der Waals surface area contributed by atoms with Crippen LogP contribution in [0.1, 0.15) is 18.4 Å². The summed E-state index contributed by atoms with van der Waals surface area (Å²) >= 11 is 0. The summed E-state index contributed by atoms with van der Waals surface area (Å²) in [7, 11) is 1.69. The summed E-state index contributed by atoms with van der Waals surface area (Å²) in [6, 6.07) is 6.28. The number of nitrogens with zero attached hydrogens (tertiary/aromatic N) is 3. The zero-order valence-corrected chi connectivity index (χ0v) is 15.9. The summed E-state index contributed by atoms with van der Waals surface area (Å²) in [6.45, 7) is 5.50. The molecule has 3 rings (SSSR count). The molecule has 7 heteroatoms. The van der Waals surface area contributed by atoms with Crippen LogP contribution < -0.4 is 0 Å². The number of benzene rings is 1. The Labute approximate surface area is 159 Å². The van der Waals surface area contributed by atoms with Gasteiger partial charge in [-0.05, 0) is 24.1 Å². The molecule has 148 valence electrons. The summed E-state index contributed by atoms with van der Waals surface area (Å²) in [5.74, 6) is -0.302. The van der Waals surface area contributed by atoms with Crippen LogP contribution in [0.25, 0.3) is 0 Å². The highest BCUT2D eigenvalue weighted by molar-refractivity contribution is 5.84. The number of rotatable bonds is 6. The smallest absolute Gasteiger partial charge is 0.227 e. The number of hydrogen-bond donors (Lipinski definition) is 0. The minimum Gasteiger partial charge on any atom is -0.383 e. The molecule has 2 aliphatic rings. The van der Waals surface area contributed by atoms with Crippen molar-refractivity contribution < 1.29 is 18.7 Å². The fourth-order valence-electron chi connectivity index (χ4n) is 3.80. The summed E-state index contributed by atoms with van der Waals surface area (Å²) in [5.41, 5.74) is 0.753. The second-order valence-corrected chi connectivity index (χ2v) is 7.30. The molecular formula is C20H28FN3O3. The van der Waals surface area contributed by atoms with E-state index in [1.807, 2.05) is 4.90 Å². The number of piperidine rings is 1. The highest BCUT2D eigenvalue weighted by atomic mass is 19.1. The molecule has 1 unspecified atom stereocenters. The molecule has 2 saturated heterocycles. The maximum atomic E-state index is 13.4. The average Bonchev–Trinajstić information content (AvgIpc) is 2.68. The van der Waals surface area contributed by atoms with Gasteiger partial charge in [-0.3, -0.25) is 14.5 Å². The largest absolute Gasteiger partial charge is 0.383 e.